The van der Waals surface area contributed by atoms with Crippen molar-refractivity contribution in [1.29, 1.82) is 0 Å². The molecule has 4 aromatic rings. The van der Waals surface area contributed by atoms with E-state index in [2.05, 4.69) is 21.1 Å². The van der Waals surface area contributed by atoms with E-state index in [1.54, 1.807) is 6.20 Å². The van der Waals surface area contributed by atoms with Gasteiger partial charge in [0.15, 0.2) is 5.82 Å². The van der Waals surface area contributed by atoms with Gasteiger partial charge in [-0.2, -0.15) is 0 Å². The van der Waals surface area contributed by atoms with E-state index >= 15 is 4.39 Å². The van der Waals surface area contributed by atoms with Crippen LogP contribution in [0.4, 0.5) is 20.3 Å². The molecule has 1 fully saturated rings. The number of nitrogen functional groups attached to an aromatic ring is 1. The number of aromatic nitrogens is 3. The summed E-state index contributed by atoms with van der Waals surface area (Å²) in [4.78, 5) is 8.72. The minimum atomic E-state index is -4.43. The van der Waals surface area contributed by atoms with Crippen molar-refractivity contribution in [3.63, 3.8) is 0 Å². The highest BCUT2D eigenvalue weighted by molar-refractivity contribution is 7.92. The maximum Gasteiger partial charge on any atom is 0.264 e. The van der Waals surface area contributed by atoms with Crippen LogP contribution in [0.15, 0.2) is 53.6 Å². The summed E-state index contributed by atoms with van der Waals surface area (Å²) in [7, 11) is -4.43. The van der Waals surface area contributed by atoms with E-state index in [1.807, 2.05) is 18.2 Å². The van der Waals surface area contributed by atoms with Crippen molar-refractivity contribution < 1.29 is 21.9 Å². The molecular formula is C30H31ClF2N6O3S. The predicted octanol–water partition coefficient (Wildman–Crippen LogP) is 5.76. The quantitative estimate of drug-likeness (QED) is 0.227. The number of anilines is 2. The maximum atomic E-state index is 15.6. The number of ether oxygens (including phenoxy) is 1. The monoisotopic (exact) mass is 628 g/mol. The number of nitrogens with one attached hydrogen (secondary N) is 2. The standard InChI is InChI=1S/C30H31ClF2N6O3S/c1-16(2)30-37-27(20-11-12-22(26(33)25(20)31)38-43(40,41)24-6-4-3-5-21(24)32)28-29(34)35-13-23(39(28)30)17-7-9-18(10-8-17)36-19-14-42-15-19/h3-7,11-13,16,18-19,36,38H,8-10,14-15H2,1-2H3,(H2,34,35). The van der Waals surface area contributed by atoms with Crippen molar-refractivity contribution >= 4 is 44.2 Å². The number of imidazole rings is 1. The summed E-state index contributed by atoms with van der Waals surface area (Å²) in [6.45, 7) is 5.48. The van der Waals surface area contributed by atoms with Crippen LogP contribution >= 0.6 is 11.6 Å². The SMILES string of the molecule is CC(C)c1nc(-c2ccc(NS(=O)(=O)c3ccccc3F)c(F)c2Cl)c2c(N)ncc(C3=CCC(NC4COC4)CC3)n12. The number of rotatable bonds is 8. The number of allylic oxidation sites excluding steroid dienone is 1. The largest absolute Gasteiger partial charge is 0.382 e. The third-order valence-corrected chi connectivity index (χ3v) is 9.55. The predicted molar refractivity (Wildman–Crippen MR) is 162 cm³/mol. The Kier molecular flexibility index (Phi) is 7.88. The van der Waals surface area contributed by atoms with Gasteiger partial charge in [0.25, 0.3) is 10.0 Å². The molecule has 0 saturated carbocycles. The maximum absolute atomic E-state index is 15.6. The number of halogens is 3. The summed E-state index contributed by atoms with van der Waals surface area (Å²) in [5.41, 5.74) is 8.96. The Labute approximate surface area is 253 Å². The lowest BCUT2D eigenvalue weighted by Crippen LogP contribution is -2.50. The highest BCUT2D eigenvalue weighted by atomic mass is 35.5. The first-order valence-electron chi connectivity index (χ1n) is 14.0. The number of nitrogens with two attached hydrogens (primary N) is 1. The first-order chi connectivity index (χ1) is 20.5. The molecule has 1 saturated heterocycles. The third kappa shape index (κ3) is 5.48. The van der Waals surface area contributed by atoms with Crippen LogP contribution in [-0.2, 0) is 14.8 Å². The van der Waals surface area contributed by atoms with Gasteiger partial charge in [-0.15, -0.1) is 0 Å². The fourth-order valence-corrected chi connectivity index (χ4v) is 6.92. The van der Waals surface area contributed by atoms with Crippen LogP contribution < -0.4 is 15.8 Å². The average molecular weight is 629 g/mol. The number of sulfonamides is 1. The second kappa shape index (κ2) is 11.5. The van der Waals surface area contributed by atoms with Gasteiger partial charge in [-0.1, -0.05) is 43.7 Å². The summed E-state index contributed by atoms with van der Waals surface area (Å²) < 4.78 is 64.8. The van der Waals surface area contributed by atoms with Crippen LogP contribution in [0.3, 0.4) is 0 Å². The number of hydrogen-bond acceptors (Lipinski definition) is 7. The highest BCUT2D eigenvalue weighted by Gasteiger charge is 2.28. The molecule has 0 bridgehead atoms. The van der Waals surface area contributed by atoms with Crippen molar-refractivity contribution in [3.8, 4) is 11.3 Å². The molecular weight excluding hydrogens is 598 g/mol. The molecule has 4 N–H and O–H groups in total. The molecule has 0 amide bonds. The van der Waals surface area contributed by atoms with Crippen LogP contribution in [0.25, 0.3) is 22.3 Å². The van der Waals surface area contributed by atoms with E-state index in [1.165, 1.54) is 24.3 Å². The van der Waals surface area contributed by atoms with Crippen LogP contribution in [0.2, 0.25) is 5.02 Å². The second-order valence-electron chi connectivity index (χ2n) is 11.1. The molecule has 13 heteroatoms. The molecule has 0 spiro atoms. The molecule has 2 aromatic heterocycles. The fraction of sp³-hybridized carbons (Fsp3) is 0.333. The summed E-state index contributed by atoms with van der Waals surface area (Å²) in [6.07, 6.45) is 6.58. The lowest BCUT2D eigenvalue weighted by atomic mass is 9.92. The van der Waals surface area contributed by atoms with Crippen molar-refractivity contribution in [1.82, 2.24) is 19.7 Å². The van der Waals surface area contributed by atoms with E-state index in [0.29, 0.717) is 29.1 Å². The molecule has 3 heterocycles. The zero-order chi connectivity index (χ0) is 30.5. The zero-order valence-corrected chi connectivity index (χ0v) is 25.1. The van der Waals surface area contributed by atoms with Crippen molar-refractivity contribution in [2.45, 2.75) is 56.0 Å². The normalized spacial score (nSPS) is 17.7. The van der Waals surface area contributed by atoms with Gasteiger partial charge >= 0.3 is 0 Å². The molecule has 2 aliphatic rings. The van der Waals surface area contributed by atoms with Crippen LogP contribution in [0.5, 0.6) is 0 Å². The van der Waals surface area contributed by atoms with E-state index in [0.717, 1.165) is 55.9 Å². The Hall–Kier alpha value is -3.58. The summed E-state index contributed by atoms with van der Waals surface area (Å²) in [5, 5.41) is 3.27. The molecule has 9 nitrogen and oxygen atoms in total. The lowest BCUT2D eigenvalue weighted by Gasteiger charge is -2.33. The molecule has 1 unspecified atom stereocenters. The third-order valence-electron chi connectivity index (χ3n) is 7.79. The Morgan fingerprint density at radius 1 is 1.14 bits per heavy atom. The lowest BCUT2D eigenvalue weighted by molar-refractivity contribution is -0.0103. The topological polar surface area (TPSA) is 124 Å². The Morgan fingerprint density at radius 3 is 2.56 bits per heavy atom. The van der Waals surface area contributed by atoms with Gasteiger partial charge in [0.1, 0.15) is 33.6 Å². The minimum Gasteiger partial charge on any atom is -0.382 e. The zero-order valence-electron chi connectivity index (χ0n) is 23.6. The number of fused-ring (bicyclic) bond motifs is 1. The summed E-state index contributed by atoms with van der Waals surface area (Å²) in [6, 6.07) is 8.29. The molecule has 0 radical (unpaired) electrons. The van der Waals surface area contributed by atoms with E-state index < -0.39 is 32.2 Å². The first kappa shape index (κ1) is 29.5. The van der Waals surface area contributed by atoms with E-state index in [4.69, 9.17) is 27.1 Å². The molecule has 2 aromatic carbocycles. The van der Waals surface area contributed by atoms with E-state index in [-0.39, 0.29) is 22.3 Å². The number of hydrogen-bond donors (Lipinski definition) is 3. The Balaban J connectivity index is 1.39. The smallest absolute Gasteiger partial charge is 0.264 e. The van der Waals surface area contributed by atoms with Gasteiger partial charge in [-0.25, -0.2) is 27.2 Å². The van der Waals surface area contributed by atoms with Crippen LogP contribution in [0, 0.1) is 11.6 Å². The summed E-state index contributed by atoms with van der Waals surface area (Å²) >= 11 is 6.52. The van der Waals surface area contributed by atoms with E-state index in [9.17, 15) is 12.8 Å². The van der Waals surface area contributed by atoms with Crippen LogP contribution in [-0.4, -0.2) is 48.1 Å². The Bertz CT molecular complexity index is 1860. The first-order valence-corrected chi connectivity index (χ1v) is 15.9. The number of nitrogens with zero attached hydrogens (tertiary/aromatic N) is 3. The minimum absolute atomic E-state index is 0.0329. The van der Waals surface area contributed by atoms with Gasteiger partial charge in [0, 0.05) is 17.5 Å². The van der Waals surface area contributed by atoms with Gasteiger partial charge < -0.3 is 15.8 Å². The molecule has 1 atom stereocenters. The van der Waals surface area contributed by atoms with Crippen molar-refractivity contribution in [2.24, 2.45) is 0 Å². The fourth-order valence-electron chi connectivity index (χ4n) is 5.53. The average Bonchev–Trinajstić information content (AvgIpc) is 3.36. The number of benzene rings is 2. The van der Waals surface area contributed by atoms with Gasteiger partial charge in [-0.05, 0) is 49.1 Å². The molecule has 6 rings (SSSR count). The molecule has 226 valence electrons. The van der Waals surface area contributed by atoms with Gasteiger partial charge in [-0.3, -0.25) is 9.12 Å². The second-order valence-corrected chi connectivity index (χ2v) is 13.1. The highest BCUT2D eigenvalue weighted by Crippen LogP contribution is 2.40. The van der Waals surface area contributed by atoms with Crippen LogP contribution in [0.1, 0.15) is 50.5 Å². The summed E-state index contributed by atoms with van der Waals surface area (Å²) in [5.74, 6) is -1.13. The molecule has 1 aliphatic heterocycles. The molecule has 1 aliphatic carbocycles. The van der Waals surface area contributed by atoms with Crippen molar-refractivity contribution in [2.75, 3.05) is 23.7 Å². The molecule has 43 heavy (non-hydrogen) atoms. The van der Waals surface area contributed by atoms with Gasteiger partial charge in [0.2, 0.25) is 0 Å². The Morgan fingerprint density at radius 2 is 1.91 bits per heavy atom. The van der Waals surface area contributed by atoms with Gasteiger partial charge in [0.05, 0.1) is 41.9 Å². The van der Waals surface area contributed by atoms with Crippen molar-refractivity contribution in [3.05, 3.63) is 76.8 Å².